The van der Waals surface area contributed by atoms with Gasteiger partial charge in [-0.3, -0.25) is 9.98 Å². The Balaban J connectivity index is 0.00000106. The van der Waals surface area contributed by atoms with Crippen molar-refractivity contribution in [3.05, 3.63) is 88.2 Å². The van der Waals surface area contributed by atoms with Crippen LogP contribution in [0.1, 0.15) is 75.2 Å². The van der Waals surface area contributed by atoms with E-state index in [4.69, 9.17) is 45.1 Å². The van der Waals surface area contributed by atoms with Crippen LogP contribution in [0, 0.1) is 0 Å². The molecule has 7 heteroatoms. The van der Waals surface area contributed by atoms with Gasteiger partial charge in [0, 0.05) is 0 Å². The SMILES string of the molecule is CCc1cccc(CC)c1N=C(C)c1cccc(C(C)=Nc2c(CC)cccc2CC)n1.[Cl][Cr]([Cl])[Cl]. The Morgan fingerprint density at radius 2 is 0.889 bits per heavy atom. The van der Waals surface area contributed by atoms with Crippen molar-refractivity contribution in [2.75, 3.05) is 0 Å². The zero-order valence-electron chi connectivity index (χ0n) is 21.9. The molecule has 0 bridgehead atoms. The molecule has 3 nitrogen and oxygen atoms in total. The van der Waals surface area contributed by atoms with Crippen molar-refractivity contribution in [3.8, 4) is 0 Å². The van der Waals surface area contributed by atoms with Gasteiger partial charge in [0.25, 0.3) is 0 Å². The summed E-state index contributed by atoms with van der Waals surface area (Å²) in [6.45, 7) is 12.8. The van der Waals surface area contributed by atoms with E-state index >= 15 is 0 Å². The van der Waals surface area contributed by atoms with Crippen LogP contribution in [0.2, 0.25) is 0 Å². The molecule has 36 heavy (non-hydrogen) atoms. The van der Waals surface area contributed by atoms with Crippen molar-refractivity contribution >= 4 is 52.9 Å². The molecule has 1 heterocycles. The third kappa shape index (κ3) is 8.72. The summed E-state index contributed by atoms with van der Waals surface area (Å²) in [5.74, 6) is 0. The van der Waals surface area contributed by atoms with Gasteiger partial charge in [-0.25, -0.2) is 4.98 Å². The molecular formula is C29H35Cl3CrN3. The van der Waals surface area contributed by atoms with E-state index in [1.165, 1.54) is 22.3 Å². The van der Waals surface area contributed by atoms with E-state index in [0.717, 1.165) is 59.9 Å². The summed E-state index contributed by atoms with van der Waals surface area (Å²) in [6, 6.07) is 19.1. The predicted molar refractivity (Wildman–Crippen MR) is 156 cm³/mol. The minimum absolute atomic E-state index is 0.893. The Hall–Kier alpha value is -1.67. The first-order valence-electron chi connectivity index (χ1n) is 12.3. The second kappa shape index (κ2) is 15.6. The molecule has 0 fully saturated rings. The number of aryl methyl sites for hydroxylation is 4. The third-order valence-corrected chi connectivity index (χ3v) is 5.98. The fraction of sp³-hybridized carbons (Fsp3) is 0.345. The van der Waals surface area contributed by atoms with Gasteiger partial charge in [-0.15, -0.1) is 0 Å². The van der Waals surface area contributed by atoms with E-state index in [9.17, 15) is 0 Å². The fourth-order valence-corrected chi connectivity index (χ4v) is 4.01. The number of aromatic nitrogens is 1. The predicted octanol–water partition coefficient (Wildman–Crippen LogP) is 9.68. The first-order valence-corrected chi connectivity index (χ1v) is 17.5. The molecule has 0 N–H and O–H groups in total. The number of halogens is 3. The van der Waals surface area contributed by atoms with Crippen molar-refractivity contribution in [1.29, 1.82) is 0 Å². The maximum atomic E-state index is 5.02. The van der Waals surface area contributed by atoms with Gasteiger partial charge in [0.1, 0.15) is 0 Å². The number of pyridine rings is 1. The molecule has 3 rings (SSSR count). The minimum atomic E-state index is -1.62. The van der Waals surface area contributed by atoms with Crippen molar-refractivity contribution in [2.45, 2.75) is 67.2 Å². The molecule has 0 aliphatic carbocycles. The molecule has 0 aliphatic rings. The quantitative estimate of drug-likeness (QED) is 0.243. The van der Waals surface area contributed by atoms with Gasteiger partial charge < -0.3 is 0 Å². The molecular weight excluding hydrogens is 549 g/mol. The summed E-state index contributed by atoms with van der Waals surface area (Å²) in [6.07, 6.45) is 3.87. The van der Waals surface area contributed by atoms with Crippen LogP contribution in [0.25, 0.3) is 0 Å². The van der Waals surface area contributed by atoms with Crippen molar-refractivity contribution in [3.63, 3.8) is 0 Å². The Bertz CT molecular complexity index is 1070. The number of hydrogen-bond acceptors (Lipinski definition) is 3. The number of hydrogen-bond donors (Lipinski definition) is 0. The first-order chi connectivity index (χ1) is 17.2. The second-order valence-corrected chi connectivity index (χ2v) is 14.6. The van der Waals surface area contributed by atoms with Gasteiger partial charge in [-0.05, 0) is 73.9 Å². The topological polar surface area (TPSA) is 37.6 Å². The monoisotopic (exact) mass is 582 g/mol. The second-order valence-electron chi connectivity index (χ2n) is 8.24. The summed E-state index contributed by atoms with van der Waals surface area (Å²) < 4.78 is 0. The van der Waals surface area contributed by atoms with Gasteiger partial charge in [-0.1, -0.05) is 70.2 Å². The van der Waals surface area contributed by atoms with Crippen molar-refractivity contribution in [1.82, 2.24) is 4.98 Å². The van der Waals surface area contributed by atoms with E-state index in [2.05, 4.69) is 70.2 Å². The summed E-state index contributed by atoms with van der Waals surface area (Å²) in [4.78, 5) is 15.0. The van der Waals surface area contributed by atoms with Crippen LogP contribution in [0.15, 0.2) is 64.6 Å². The van der Waals surface area contributed by atoms with Crippen LogP contribution >= 0.6 is 30.1 Å². The van der Waals surface area contributed by atoms with Crippen LogP contribution in [0.3, 0.4) is 0 Å². The molecule has 0 aliphatic heterocycles. The number of benzene rings is 2. The third-order valence-electron chi connectivity index (χ3n) is 5.98. The van der Waals surface area contributed by atoms with E-state index in [1.54, 1.807) is 0 Å². The molecule has 193 valence electrons. The van der Waals surface area contributed by atoms with Gasteiger partial charge in [0.05, 0.1) is 34.2 Å². The van der Waals surface area contributed by atoms with Crippen molar-refractivity contribution < 1.29 is 11.4 Å². The number of nitrogens with zero attached hydrogens (tertiary/aromatic N) is 3. The first kappa shape index (κ1) is 30.6. The van der Waals surface area contributed by atoms with Crippen molar-refractivity contribution in [2.24, 2.45) is 9.98 Å². The van der Waals surface area contributed by atoms with Crippen LogP contribution in [0.5, 0.6) is 0 Å². The Kier molecular flexibility index (Phi) is 13.2. The van der Waals surface area contributed by atoms with Crippen LogP contribution in [-0.2, 0) is 37.1 Å². The molecule has 0 saturated heterocycles. The molecule has 0 amide bonds. The van der Waals surface area contributed by atoms with Gasteiger partial charge in [0.15, 0.2) is 0 Å². The van der Waals surface area contributed by atoms with Crippen LogP contribution < -0.4 is 0 Å². The molecule has 0 unspecified atom stereocenters. The molecule has 0 saturated carbocycles. The van der Waals surface area contributed by atoms with Gasteiger partial charge in [0.2, 0.25) is 0 Å². The standard InChI is InChI=1S/C29H35N3.3ClH.Cr/c1-7-22-14-11-15-23(8-2)28(22)30-20(5)26-18-13-19-27(32-26)21(6)31-29-24(9-3)16-12-17-25(29)10-4;;;;/h11-19H,7-10H2,1-6H3;3*1H;/q;;;;+3/p-3. The Morgan fingerprint density at radius 1 is 0.611 bits per heavy atom. The molecule has 2 aromatic carbocycles. The van der Waals surface area contributed by atoms with Gasteiger partial charge in [-0.2, -0.15) is 0 Å². The zero-order valence-corrected chi connectivity index (χ0v) is 25.5. The number of rotatable bonds is 8. The molecule has 3 aromatic rings. The zero-order chi connectivity index (χ0) is 26.7. The number of aliphatic imine (C=N–C) groups is 2. The summed E-state index contributed by atoms with van der Waals surface area (Å²) in [5, 5.41) is 0. The molecule has 0 radical (unpaired) electrons. The molecule has 0 spiro atoms. The summed E-state index contributed by atoms with van der Waals surface area (Å²) in [7, 11) is 14.8. The number of para-hydroxylation sites is 2. The molecule has 1 aromatic heterocycles. The average molecular weight is 584 g/mol. The normalized spacial score (nSPS) is 11.9. The van der Waals surface area contributed by atoms with Gasteiger partial charge >= 0.3 is 41.5 Å². The average Bonchev–Trinajstić information content (AvgIpc) is 2.88. The van der Waals surface area contributed by atoms with E-state index < -0.39 is 11.4 Å². The summed E-state index contributed by atoms with van der Waals surface area (Å²) in [5.41, 5.74) is 10.9. The summed E-state index contributed by atoms with van der Waals surface area (Å²) >= 11 is -1.62. The fourth-order valence-electron chi connectivity index (χ4n) is 4.01. The maximum absolute atomic E-state index is 5.02. The Labute approximate surface area is 233 Å². The Morgan fingerprint density at radius 3 is 1.17 bits per heavy atom. The van der Waals surface area contributed by atoms with E-state index in [-0.39, 0.29) is 0 Å². The molecule has 0 atom stereocenters. The van der Waals surface area contributed by atoms with E-state index in [1.807, 2.05) is 26.0 Å². The van der Waals surface area contributed by atoms with E-state index in [0.29, 0.717) is 0 Å². The van der Waals surface area contributed by atoms with Crippen LogP contribution in [0.4, 0.5) is 11.4 Å². The van der Waals surface area contributed by atoms with Crippen LogP contribution in [-0.4, -0.2) is 16.4 Å².